The van der Waals surface area contributed by atoms with Gasteiger partial charge in [0, 0.05) is 48.6 Å². The van der Waals surface area contributed by atoms with Crippen molar-refractivity contribution in [3.05, 3.63) is 65.5 Å². The number of aromatic nitrogens is 1. The molecule has 0 atom stereocenters. The molecular weight excluding hydrogens is 446 g/mol. The molecule has 0 amide bonds. The fourth-order valence-corrected chi connectivity index (χ4v) is 6.06. The number of benzene rings is 2. The highest BCUT2D eigenvalue weighted by molar-refractivity contribution is 6.29. The summed E-state index contributed by atoms with van der Waals surface area (Å²) in [6.45, 7) is 4.25. The standard InChI is InChI=1S/C28H30ClN3O2/c1-33-22-10-11-26-23(17-22)24(18-34-26)19-5-8-21(9-6-19)31-13-15-32(16-14-31)25-4-2-3-20-7-12-27(29)30-28(20)25/h2-4,7,10-12,17-19,21H,5-6,8-9,13-16H2,1H3/t19-,21+. The van der Waals surface area contributed by atoms with Crippen molar-refractivity contribution in [1.29, 1.82) is 0 Å². The minimum atomic E-state index is 0.555. The fraction of sp³-hybridized carbons (Fsp3) is 0.393. The van der Waals surface area contributed by atoms with E-state index in [2.05, 4.69) is 45.1 Å². The van der Waals surface area contributed by atoms with E-state index < -0.39 is 0 Å². The maximum Gasteiger partial charge on any atom is 0.134 e. The summed E-state index contributed by atoms with van der Waals surface area (Å²) in [4.78, 5) is 9.79. The Kier molecular flexibility index (Phi) is 5.84. The lowest BCUT2D eigenvalue weighted by Crippen LogP contribution is -2.51. The second-order valence-corrected chi connectivity index (χ2v) is 9.95. The van der Waals surface area contributed by atoms with Gasteiger partial charge in [-0.05, 0) is 68.0 Å². The van der Waals surface area contributed by atoms with E-state index in [1.165, 1.54) is 42.3 Å². The zero-order valence-electron chi connectivity index (χ0n) is 19.5. The van der Waals surface area contributed by atoms with Crippen LogP contribution in [0, 0.1) is 0 Å². The number of para-hydroxylation sites is 1. The second kappa shape index (κ2) is 9.12. The van der Waals surface area contributed by atoms with Crippen LogP contribution in [0.5, 0.6) is 5.75 Å². The van der Waals surface area contributed by atoms with Gasteiger partial charge in [0.25, 0.3) is 0 Å². The Hall–Kier alpha value is -2.76. The molecule has 2 aromatic carbocycles. The predicted molar refractivity (Wildman–Crippen MR) is 138 cm³/mol. The summed E-state index contributed by atoms with van der Waals surface area (Å²) in [7, 11) is 1.72. The number of hydrogen-bond acceptors (Lipinski definition) is 5. The SMILES string of the molecule is COc1ccc2occ([C@H]3CC[C@@H](N4CCN(c5cccc6ccc(Cl)nc56)CC4)CC3)c2c1. The summed E-state index contributed by atoms with van der Waals surface area (Å²) >= 11 is 6.20. The Balaban J connectivity index is 1.10. The van der Waals surface area contributed by atoms with Gasteiger partial charge in [0.2, 0.25) is 0 Å². The van der Waals surface area contributed by atoms with Crippen LogP contribution in [-0.2, 0) is 0 Å². The van der Waals surface area contributed by atoms with Crippen molar-refractivity contribution in [3.8, 4) is 5.75 Å². The number of piperazine rings is 1. The minimum Gasteiger partial charge on any atom is -0.497 e. The number of pyridine rings is 1. The molecule has 0 unspecified atom stereocenters. The van der Waals surface area contributed by atoms with Gasteiger partial charge in [0.15, 0.2) is 0 Å². The Labute approximate surface area is 205 Å². The highest BCUT2D eigenvalue weighted by Gasteiger charge is 2.30. The Morgan fingerprint density at radius 1 is 0.971 bits per heavy atom. The smallest absolute Gasteiger partial charge is 0.134 e. The molecule has 2 aliphatic rings. The maximum atomic E-state index is 6.20. The molecule has 2 fully saturated rings. The van der Waals surface area contributed by atoms with Gasteiger partial charge < -0.3 is 14.1 Å². The molecular formula is C28H30ClN3O2. The van der Waals surface area contributed by atoms with Gasteiger partial charge in [0.1, 0.15) is 16.5 Å². The lowest BCUT2D eigenvalue weighted by atomic mass is 9.81. The first-order valence-electron chi connectivity index (χ1n) is 12.3. The lowest BCUT2D eigenvalue weighted by molar-refractivity contribution is 0.141. The minimum absolute atomic E-state index is 0.555. The first kappa shape index (κ1) is 21.8. The van der Waals surface area contributed by atoms with E-state index in [0.29, 0.717) is 17.1 Å². The van der Waals surface area contributed by atoms with Gasteiger partial charge in [-0.3, -0.25) is 4.90 Å². The number of anilines is 1. The normalized spacial score (nSPS) is 21.9. The lowest BCUT2D eigenvalue weighted by Gasteiger charge is -2.42. The first-order chi connectivity index (χ1) is 16.7. The molecule has 0 radical (unpaired) electrons. The molecule has 6 rings (SSSR count). The van der Waals surface area contributed by atoms with Crippen LogP contribution >= 0.6 is 11.6 Å². The molecule has 1 saturated heterocycles. The van der Waals surface area contributed by atoms with Crippen LogP contribution in [-0.4, -0.2) is 49.2 Å². The van der Waals surface area contributed by atoms with Crippen LogP contribution in [0.15, 0.2) is 59.2 Å². The zero-order chi connectivity index (χ0) is 23.1. The number of hydrogen-bond donors (Lipinski definition) is 0. The predicted octanol–water partition coefficient (Wildman–Crippen LogP) is 6.49. The molecule has 0 N–H and O–H groups in total. The van der Waals surface area contributed by atoms with Crippen molar-refractivity contribution in [1.82, 2.24) is 9.88 Å². The number of fused-ring (bicyclic) bond motifs is 2. The van der Waals surface area contributed by atoms with E-state index in [1.54, 1.807) is 7.11 Å². The van der Waals surface area contributed by atoms with E-state index in [4.69, 9.17) is 20.8 Å². The van der Waals surface area contributed by atoms with Crippen molar-refractivity contribution >= 4 is 39.2 Å². The quantitative estimate of drug-likeness (QED) is 0.315. The van der Waals surface area contributed by atoms with Crippen molar-refractivity contribution in [2.24, 2.45) is 0 Å². The molecule has 3 heterocycles. The van der Waals surface area contributed by atoms with Crippen molar-refractivity contribution < 1.29 is 9.15 Å². The molecule has 2 aromatic heterocycles. The molecule has 6 heteroatoms. The Morgan fingerprint density at radius 2 is 1.79 bits per heavy atom. The number of methoxy groups -OCH3 is 1. The Morgan fingerprint density at radius 3 is 2.59 bits per heavy atom. The second-order valence-electron chi connectivity index (χ2n) is 9.56. The average Bonchev–Trinajstić information content (AvgIpc) is 3.32. The maximum absolute atomic E-state index is 6.20. The summed E-state index contributed by atoms with van der Waals surface area (Å²) in [5.74, 6) is 1.46. The number of furan rings is 1. The first-order valence-corrected chi connectivity index (χ1v) is 12.7. The van der Waals surface area contributed by atoms with Gasteiger partial charge in [-0.15, -0.1) is 0 Å². The third-order valence-corrected chi connectivity index (χ3v) is 7.99. The largest absolute Gasteiger partial charge is 0.497 e. The van der Waals surface area contributed by atoms with Gasteiger partial charge >= 0.3 is 0 Å². The van der Waals surface area contributed by atoms with Crippen LogP contribution in [0.4, 0.5) is 5.69 Å². The number of nitrogens with zero attached hydrogens (tertiary/aromatic N) is 3. The Bertz CT molecular complexity index is 1300. The van der Waals surface area contributed by atoms with E-state index in [-0.39, 0.29) is 0 Å². The molecule has 0 spiro atoms. The monoisotopic (exact) mass is 475 g/mol. The topological polar surface area (TPSA) is 41.7 Å². The molecule has 0 bridgehead atoms. The summed E-state index contributed by atoms with van der Waals surface area (Å²) in [5, 5.41) is 2.91. The van der Waals surface area contributed by atoms with Gasteiger partial charge in [0.05, 0.1) is 24.6 Å². The van der Waals surface area contributed by atoms with Crippen molar-refractivity contribution in [2.75, 3.05) is 38.2 Å². The van der Waals surface area contributed by atoms with Crippen LogP contribution in [0.3, 0.4) is 0 Å². The third kappa shape index (κ3) is 4.01. The van der Waals surface area contributed by atoms with E-state index in [0.717, 1.165) is 48.4 Å². The summed E-state index contributed by atoms with van der Waals surface area (Å²) in [6.07, 6.45) is 6.88. The fourth-order valence-electron chi connectivity index (χ4n) is 5.91. The summed E-state index contributed by atoms with van der Waals surface area (Å²) in [5.41, 5.74) is 4.51. The number of rotatable bonds is 4. The van der Waals surface area contributed by atoms with E-state index in [9.17, 15) is 0 Å². The third-order valence-electron chi connectivity index (χ3n) is 7.78. The highest BCUT2D eigenvalue weighted by Crippen LogP contribution is 2.40. The molecule has 1 aliphatic carbocycles. The highest BCUT2D eigenvalue weighted by atomic mass is 35.5. The summed E-state index contributed by atoms with van der Waals surface area (Å²) < 4.78 is 11.3. The molecule has 4 aromatic rings. The molecule has 176 valence electrons. The zero-order valence-corrected chi connectivity index (χ0v) is 20.3. The van der Waals surface area contributed by atoms with Crippen molar-refractivity contribution in [2.45, 2.75) is 37.6 Å². The summed E-state index contributed by atoms with van der Waals surface area (Å²) in [6, 6.07) is 17.1. The molecule has 1 saturated carbocycles. The van der Waals surface area contributed by atoms with Crippen LogP contribution in [0.2, 0.25) is 5.15 Å². The van der Waals surface area contributed by atoms with Crippen LogP contribution < -0.4 is 9.64 Å². The van der Waals surface area contributed by atoms with Gasteiger partial charge in [-0.2, -0.15) is 0 Å². The number of halogens is 1. The molecule has 34 heavy (non-hydrogen) atoms. The van der Waals surface area contributed by atoms with Crippen LogP contribution in [0.1, 0.15) is 37.2 Å². The van der Waals surface area contributed by atoms with E-state index in [1.807, 2.05) is 24.5 Å². The molecule has 1 aliphatic heterocycles. The van der Waals surface area contributed by atoms with Crippen molar-refractivity contribution in [3.63, 3.8) is 0 Å². The van der Waals surface area contributed by atoms with E-state index >= 15 is 0 Å². The van der Waals surface area contributed by atoms with Gasteiger partial charge in [-0.1, -0.05) is 23.7 Å². The number of ether oxygens (including phenoxy) is 1. The van der Waals surface area contributed by atoms with Crippen LogP contribution in [0.25, 0.3) is 21.9 Å². The average molecular weight is 476 g/mol. The molecule has 5 nitrogen and oxygen atoms in total. The van der Waals surface area contributed by atoms with Gasteiger partial charge in [-0.25, -0.2) is 4.98 Å².